The molecule has 0 bridgehead atoms. The molecule has 0 N–H and O–H groups in total. The average Bonchev–Trinajstić information content (AvgIpc) is 2.90. The van der Waals surface area contributed by atoms with E-state index in [4.69, 9.17) is 4.84 Å². The summed E-state index contributed by atoms with van der Waals surface area (Å²) in [5, 5.41) is 4.66. The zero-order valence-electron chi connectivity index (χ0n) is 13.8. The first-order valence-electron chi connectivity index (χ1n) is 7.59. The molecule has 2 aromatic rings. The number of alkyl halides is 3. The molecular formula is C18H12F3NO4S. The fourth-order valence-corrected chi connectivity index (χ4v) is 3.99. The molecule has 9 heteroatoms. The molecule has 1 aliphatic heterocycles. The summed E-state index contributed by atoms with van der Waals surface area (Å²) in [6.45, 7) is 1.46. The summed E-state index contributed by atoms with van der Waals surface area (Å²) in [4.78, 5) is 16.8. The van der Waals surface area contributed by atoms with Gasteiger partial charge in [0.25, 0.3) is 0 Å². The highest BCUT2D eigenvalue weighted by atomic mass is 32.2. The number of hydrogen-bond acceptors (Lipinski definition) is 5. The van der Waals surface area contributed by atoms with Crippen LogP contribution in [0.5, 0.6) is 0 Å². The minimum atomic E-state index is -4.51. The van der Waals surface area contributed by atoms with Gasteiger partial charge in [-0.3, -0.25) is 0 Å². The minimum Gasteiger partial charge on any atom is -0.313 e. The lowest BCUT2D eigenvalue weighted by Crippen LogP contribution is -2.07. The first kappa shape index (κ1) is 18.8. The predicted octanol–water partition coefficient (Wildman–Crippen LogP) is 4.07. The Morgan fingerprint density at radius 1 is 1.04 bits per heavy atom. The molecule has 0 unspecified atom stereocenters. The van der Waals surface area contributed by atoms with Gasteiger partial charge in [-0.05, 0) is 37.3 Å². The molecule has 0 fully saturated rings. The molecule has 2 aromatic carbocycles. The van der Waals surface area contributed by atoms with E-state index in [-0.39, 0.29) is 21.7 Å². The van der Waals surface area contributed by atoms with Gasteiger partial charge in [0.2, 0.25) is 9.84 Å². The van der Waals surface area contributed by atoms with E-state index >= 15 is 0 Å². The number of nitrogens with zero attached hydrogens (tertiary/aromatic N) is 1. The van der Waals surface area contributed by atoms with Gasteiger partial charge in [0.1, 0.15) is 0 Å². The second kappa shape index (κ2) is 6.66. The highest BCUT2D eigenvalue weighted by molar-refractivity contribution is 7.95. The summed E-state index contributed by atoms with van der Waals surface area (Å²) in [5.74, 6) is -0.960. The number of halogens is 3. The topological polar surface area (TPSA) is 72.8 Å². The monoisotopic (exact) mass is 395 g/mol. The van der Waals surface area contributed by atoms with Gasteiger partial charge in [0.05, 0.1) is 21.7 Å². The fourth-order valence-electron chi connectivity index (χ4n) is 2.51. The Balaban J connectivity index is 1.80. The van der Waals surface area contributed by atoms with Crippen molar-refractivity contribution in [2.24, 2.45) is 5.16 Å². The van der Waals surface area contributed by atoms with Crippen LogP contribution in [-0.2, 0) is 20.9 Å². The van der Waals surface area contributed by atoms with Gasteiger partial charge in [0, 0.05) is 16.5 Å². The normalized spacial score (nSPS) is 15.9. The molecule has 1 heterocycles. The Morgan fingerprint density at radius 3 is 2.30 bits per heavy atom. The number of sulfone groups is 1. The Kier molecular flexibility index (Phi) is 4.64. The van der Waals surface area contributed by atoms with Gasteiger partial charge >= 0.3 is 12.1 Å². The van der Waals surface area contributed by atoms with Crippen LogP contribution in [0, 0.1) is 0 Å². The summed E-state index contributed by atoms with van der Waals surface area (Å²) in [7, 11) is -3.60. The number of oxime groups is 1. The van der Waals surface area contributed by atoms with E-state index in [0.717, 1.165) is 29.7 Å². The zero-order chi connectivity index (χ0) is 19.8. The molecule has 140 valence electrons. The maximum Gasteiger partial charge on any atom is 0.416 e. The summed E-state index contributed by atoms with van der Waals surface area (Å²) in [5.41, 5.74) is -0.149. The average molecular weight is 395 g/mol. The molecule has 0 aromatic heterocycles. The van der Waals surface area contributed by atoms with Crippen molar-refractivity contribution in [1.29, 1.82) is 0 Å². The van der Waals surface area contributed by atoms with E-state index in [1.807, 2.05) is 0 Å². The largest absolute Gasteiger partial charge is 0.416 e. The number of rotatable bonds is 3. The molecule has 0 spiro atoms. The Bertz CT molecular complexity index is 1070. The van der Waals surface area contributed by atoms with E-state index in [2.05, 4.69) is 5.16 Å². The Labute approximate surface area is 152 Å². The number of fused-ring (bicyclic) bond motifs is 1. The van der Waals surface area contributed by atoms with Crippen molar-refractivity contribution in [3.05, 3.63) is 70.6 Å². The lowest BCUT2D eigenvalue weighted by molar-refractivity contribution is -0.137. The number of allylic oxidation sites excluding steroid dienone is 1. The van der Waals surface area contributed by atoms with E-state index in [1.165, 1.54) is 13.0 Å². The molecule has 5 nitrogen and oxygen atoms in total. The van der Waals surface area contributed by atoms with Crippen molar-refractivity contribution in [2.45, 2.75) is 18.0 Å². The summed E-state index contributed by atoms with van der Waals surface area (Å²) in [6.07, 6.45) is -4.51. The molecule has 1 aliphatic rings. The Morgan fingerprint density at radius 2 is 1.67 bits per heavy atom. The van der Waals surface area contributed by atoms with Crippen LogP contribution in [0.4, 0.5) is 13.2 Å². The van der Waals surface area contributed by atoms with Gasteiger partial charge in [0.15, 0.2) is 0 Å². The minimum absolute atomic E-state index is 0.118. The third-order valence-electron chi connectivity index (χ3n) is 3.86. The molecule has 0 radical (unpaired) electrons. The van der Waals surface area contributed by atoms with Crippen LogP contribution in [0.3, 0.4) is 0 Å². The molecular weight excluding hydrogens is 383 g/mol. The summed E-state index contributed by atoms with van der Waals surface area (Å²) < 4.78 is 61.8. The van der Waals surface area contributed by atoms with Crippen molar-refractivity contribution < 1.29 is 31.2 Å². The van der Waals surface area contributed by atoms with Crippen molar-refractivity contribution in [3.63, 3.8) is 0 Å². The van der Waals surface area contributed by atoms with Gasteiger partial charge in [-0.2, -0.15) is 13.2 Å². The zero-order valence-corrected chi connectivity index (χ0v) is 14.6. The van der Waals surface area contributed by atoms with E-state index in [0.29, 0.717) is 5.56 Å². The van der Waals surface area contributed by atoms with Crippen molar-refractivity contribution >= 4 is 27.1 Å². The number of benzene rings is 2. The molecule has 27 heavy (non-hydrogen) atoms. The molecule has 0 atom stereocenters. The van der Waals surface area contributed by atoms with Gasteiger partial charge in [-0.25, -0.2) is 13.2 Å². The lowest BCUT2D eigenvalue weighted by Gasteiger charge is -2.07. The second-order valence-electron chi connectivity index (χ2n) is 5.70. The maximum absolute atomic E-state index is 12.5. The summed E-state index contributed by atoms with van der Waals surface area (Å²) in [6, 6.07) is 9.78. The smallest absolute Gasteiger partial charge is 0.313 e. The van der Waals surface area contributed by atoms with E-state index in [1.54, 1.807) is 18.2 Å². The number of hydrogen-bond donors (Lipinski definition) is 0. The first-order valence-corrected chi connectivity index (χ1v) is 9.14. The number of carbonyl (C=O) groups is 1. The SMILES string of the molecule is C/C(=N\OC(=O)c1ccc(C(F)(F)F)cc1)C1=CS(=O)(=O)c2ccccc21. The van der Waals surface area contributed by atoms with E-state index in [9.17, 15) is 26.4 Å². The van der Waals surface area contributed by atoms with Crippen LogP contribution < -0.4 is 0 Å². The van der Waals surface area contributed by atoms with Crippen LogP contribution in [0.2, 0.25) is 0 Å². The highest BCUT2D eigenvalue weighted by Gasteiger charge is 2.30. The van der Waals surface area contributed by atoms with Crippen molar-refractivity contribution in [3.8, 4) is 0 Å². The standard InChI is InChI=1S/C18H12F3NO4S/c1-11(15-10-27(24,25)16-5-3-2-4-14(15)16)22-26-17(23)12-6-8-13(9-7-12)18(19,20)21/h2-10H,1H3/b22-11+. The molecule has 3 rings (SSSR count). The Hall–Kier alpha value is -2.94. The summed E-state index contributed by atoms with van der Waals surface area (Å²) >= 11 is 0. The fraction of sp³-hybridized carbons (Fsp3) is 0.111. The predicted molar refractivity (Wildman–Crippen MR) is 91.6 cm³/mol. The van der Waals surface area contributed by atoms with Gasteiger partial charge in [-0.15, -0.1) is 0 Å². The third kappa shape index (κ3) is 3.77. The van der Waals surface area contributed by atoms with E-state index < -0.39 is 27.5 Å². The van der Waals surface area contributed by atoms with Gasteiger partial charge < -0.3 is 4.84 Å². The number of carbonyl (C=O) groups excluding carboxylic acids is 1. The third-order valence-corrected chi connectivity index (χ3v) is 5.38. The van der Waals surface area contributed by atoms with Crippen LogP contribution in [0.25, 0.3) is 5.57 Å². The molecule has 0 saturated carbocycles. The van der Waals surface area contributed by atoms with Gasteiger partial charge in [-0.1, -0.05) is 23.4 Å². The van der Waals surface area contributed by atoms with Crippen molar-refractivity contribution in [1.82, 2.24) is 0 Å². The quantitative estimate of drug-likeness (QED) is 0.446. The molecule has 0 amide bonds. The molecule has 0 saturated heterocycles. The van der Waals surface area contributed by atoms with Crippen molar-refractivity contribution in [2.75, 3.05) is 0 Å². The van der Waals surface area contributed by atoms with Crippen LogP contribution >= 0.6 is 0 Å². The molecule has 0 aliphatic carbocycles. The first-order chi connectivity index (χ1) is 12.6. The second-order valence-corrected chi connectivity index (χ2v) is 7.47. The maximum atomic E-state index is 12.5. The van der Waals surface area contributed by atoms with Crippen LogP contribution in [-0.4, -0.2) is 20.1 Å². The van der Waals surface area contributed by atoms with Crippen LogP contribution in [0.15, 0.2) is 64.0 Å². The van der Waals surface area contributed by atoms with Crippen LogP contribution in [0.1, 0.15) is 28.4 Å². The lowest BCUT2D eigenvalue weighted by atomic mass is 10.0. The highest BCUT2D eigenvalue weighted by Crippen LogP contribution is 2.34.